The summed E-state index contributed by atoms with van der Waals surface area (Å²) in [6.45, 7) is 1.47. The maximum atomic E-state index is 13.0. The third-order valence-electron chi connectivity index (χ3n) is 3.50. The molecule has 0 unspecified atom stereocenters. The fourth-order valence-electron chi connectivity index (χ4n) is 2.17. The molecule has 1 amide bonds. The average molecular weight is 361 g/mol. The molecule has 138 valence electrons. The van der Waals surface area contributed by atoms with Crippen LogP contribution in [0.2, 0.25) is 0 Å². The van der Waals surface area contributed by atoms with Crippen molar-refractivity contribution in [2.45, 2.75) is 25.6 Å². The van der Waals surface area contributed by atoms with Crippen molar-refractivity contribution in [2.24, 2.45) is 5.92 Å². The van der Waals surface area contributed by atoms with Crippen LogP contribution in [-0.2, 0) is 25.2 Å². The number of hydrogen-bond donors (Lipinski definition) is 1. The number of carbonyl (C=O) groups is 3. The molecule has 0 aliphatic rings. The number of ether oxygens (including phenoxy) is 2. The second-order valence-corrected chi connectivity index (χ2v) is 5.28. The maximum absolute atomic E-state index is 13.0. The van der Waals surface area contributed by atoms with Crippen molar-refractivity contribution in [1.82, 2.24) is 5.32 Å². The summed E-state index contributed by atoms with van der Waals surface area (Å²) in [7, 11) is 2.22. The lowest BCUT2D eigenvalue weighted by Gasteiger charge is -2.23. The number of amides is 1. The Labute approximate surface area is 142 Å². The van der Waals surface area contributed by atoms with Crippen LogP contribution in [0.4, 0.5) is 13.2 Å². The first-order valence-corrected chi connectivity index (χ1v) is 7.23. The summed E-state index contributed by atoms with van der Waals surface area (Å²) >= 11 is 0. The lowest BCUT2D eigenvalue weighted by atomic mass is 9.97. The Hall–Kier alpha value is -2.58. The first kappa shape index (κ1) is 20.5. The molecule has 0 saturated carbocycles. The summed E-state index contributed by atoms with van der Waals surface area (Å²) < 4.78 is 48.1. The normalized spacial score (nSPS) is 13.5. The molecule has 0 aliphatic carbocycles. The number of benzene rings is 1. The van der Waals surface area contributed by atoms with Crippen LogP contribution in [0.15, 0.2) is 24.3 Å². The Kier molecular flexibility index (Phi) is 6.96. The van der Waals surface area contributed by atoms with Gasteiger partial charge in [-0.2, -0.15) is 13.2 Å². The molecule has 0 heterocycles. The molecule has 1 N–H and O–H groups in total. The van der Waals surface area contributed by atoms with Gasteiger partial charge in [-0.15, -0.1) is 0 Å². The predicted octanol–water partition coefficient (Wildman–Crippen LogP) is 2.18. The van der Waals surface area contributed by atoms with Crippen molar-refractivity contribution in [2.75, 3.05) is 14.2 Å². The summed E-state index contributed by atoms with van der Waals surface area (Å²) in [4.78, 5) is 35.5. The van der Waals surface area contributed by atoms with Gasteiger partial charge in [0.25, 0.3) is 5.91 Å². The highest BCUT2D eigenvalue weighted by atomic mass is 19.4. The number of carbonyl (C=O) groups excluding carboxylic acids is 3. The van der Waals surface area contributed by atoms with Crippen LogP contribution in [0.25, 0.3) is 0 Å². The van der Waals surface area contributed by atoms with E-state index < -0.39 is 47.1 Å². The summed E-state index contributed by atoms with van der Waals surface area (Å²) in [5.74, 6) is -3.36. The number of hydrogen-bond acceptors (Lipinski definition) is 5. The molecule has 1 rings (SSSR count). The topological polar surface area (TPSA) is 81.7 Å². The van der Waals surface area contributed by atoms with Gasteiger partial charge in [0.05, 0.1) is 31.8 Å². The van der Waals surface area contributed by atoms with Crippen LogP contribution in [0.1, 0.15) is 29.3 Å². The van der Waals surface area contributed by atoms with Gasteiger partial charge in [0.1, 0.15) is 6.04 Å². The van der Waals surface area contributed by atoms with Crippen LogP contribution in [0.5, 0.6) is 0 Å². The van der Waals surface area contributed by atoms with Crippen LogP contribution < -0.4 is 5.32 Å². The van der Waals surface area contributed by atoms with E-state index in [-0.39, 0.29) is 6.42 Å². The molecular formula is C16H18F3NO5. The van der Waals surface area contributed by atoms with E-state index in [4.69, 9.17) is 0 Å². The molecule has 0 bridgehead atoms. The first-order valence-electron chi connectivity index (χ1n) is 7.23. The predicted molar refractivity (Wildman–Crippen MR) is 80.5 cm³/mol. The number of nitrogens with one attached hydrogen (secondary N) is 1. The molecule has 0 aromatic heterocycles. The molecule has 0 spiro atoms. The van der Waals surface area contributed by atoms with Crippen molar-refractivity contribution >= 4 is 17.8 Å². The Morgan fingerprint density at radius 1 is 1.12 bits per heavy atom. The minimum atomic E-state index is -4.73. The number of esters is 2. The van der Waals surface area contributed by atoms with Gasteiger partial charge >= 0.3 is 18.1 Å². The SMILES string of the molecule is COC(=O)C[C@@H](C)[C@@H](NC(=O)c1ccccc1C(F)(F)F)C(=O)OC. The van der Waals surface area contributed by atoms with E-state index in [2.05, 4.69) is 14.8 Å². The van der Waals surface area contributed by atoms with Crippen molar-refractivity contribution in [3.05, 3.63) is 35.4 Å². The lowest BCUT2D eigenvalue weighted by Crippen LogP contribution is -2.46. The van der Waals surface area contributed by atoms with Crippen LogP contribution in [0.3, 0.4) is 0 Å². The van der Waals surface area contributed by atoms with Gasteiger partial charge in [0.15, 0.2) is 0 Å². The molecule has 1 aromatic carbocycles. The second kappa shape index (κ2) is 8.50. The molecule has 6 nitrogen and oxygen atoms in total. The van der Waals surface area contributed by atoms with Gasteiger partial charge in [-0.05, 0) is 18.1 Å². The fraction of sp³-hybridized carbons (Fsp3) is 0.438. The average Bonchev–Trinajstić information content (AvgIpc) is 2.57. The minimum absolute atomic E-state index is 0.225. The van der Waals surface area contributed by atoms with E-state index in [0.717, 1.165) is 32.4 Å². The Morgan fingerprint density at radius 3 is 2.24 bits per heavy atom. The van der Waals surface area contributed by atoms with Gasteiger partial charge in [-0.3, -0.25) is 9.59 Å². The van der Waals surface area contributed by atoms with Crippen molar-refractivity contribution in [3.8, 4) is 0 Å². The zero-order chi connectivity index (χ0) is 19.2. The Morgan fingerprint density at radius 2 is 1.72 bits per heavy atom. The number of halogens is 3. The van der Waals surface area contributed by atoms with E-state index in [0.29, 0.717) is 0 Å². The number of rotatable bonds is 6. The largest absolute Gasteiger partial charge is 0.469 e. The van der Waals surface area contributed by atoms with Gasteiger partial charge in [-0.25, -0.2) is 4.79 Å². The van der Waals surface area contributed by atoms with Crippen LogP contribution in [-0.4, -0.2) is 38.1 Å². The van der Waals surface area contributed by atoms with Gasteiger partial charge in [-0.1, -0.05) is 19.1 Å². The number of methoxy groups -OCH3 is 2. The Bertz CT molecular complexity index is 645. The highest BCUT2D eigenvalue weighted by Gasteiger charge is 2.36. The van der Waals surface area contributed by atoms with E-state index in [1.54, 1.807) is 0 Å². The lowest BCUT2D eigenvalue weighted by molar-refractivity contribution is -0.146. The summed E-state index contributed by atoms with van der Waals surface area (Å²) in [5, 5.41) is 2.20. The Balaban J connectivity index is 3.08. The standard InChI is InChI=1S/C16H18F3NO5/c1-9(8-12(21)24-2)13(15(23)25-3)20-14(22)10-6-4-5-7-11(10)16(17,18)19/h4-7,9,13H,8H2,1-3H3,(H,20,22)/t9-,13-/m1/s1. The van der Waals surface area contributed by atoms with Crippen molar-refractivity contribution in [1.29, 1.82) is 0 Å². The third-order valence-corrected chi connectivity index (χ3v) is 3.50. The number of alkyl halides is 3. The monoisotopic (exact) mass is 361 g/mol. The van der Waals surface area contributed by atoms with E-state index in [1.807, 2.05) is 0 Å². The maximum Gasteiger partial charge on any atom is 0.417 e. The highest BCUT2D eigenvalue weighted by molar-refractivity contribution is 5.98. The van der Waals surface area contributed by atoms with Gasteiger partial charge in [0.2, 0.25) is 0 Å². The molecule has 0 saturated heterocycles. The second-order valence-electron chi connectivity index (χ2n) is 5.28. The van der Waals surface area contributed by atoms with Gasteiger partial charge < -0.3 is 14.8 Å². The third kappa shape index (κ3) is 5.47. The molecular weight excluding hydrogens is 343 g/mol. The summed E-state index contributed by atoms with van der Waals surface area (Å²) in [6.07, 6.45) is -4.95. The van der Waals surface area contributed by atoms with E-state index >= 15 is 0 Å². The van der Waals surface area contributed by atoms with Crippen molar-refractivity contribution in [3.63, 3.8) is 0 Å². The van der Waals surface area contributed by atoms with Gasteiger partial charge in [0, 0.05) is 0 Å². The highest BCUT2D eigenvalue weighted by Crippen LogP contribution is 2.31. The molecule has 0 radical (unpaired) electrons. The van der Waals surface area contributed by atoms with E-state index in [1.165, 1.54) is 13.0 Å². The zero-order valence-corrected chi connectivity index (χ0v) is 13.8. The molecule has 0 fully saturated rings. The van der Waals surface area contributed by atoms with Crippen molar-refractivity contribution < 1.29 is 37.0 Å². The zero-order valence-electron chi connectivity index (χ0n) is 13.8. The molecule has 9 heteroatoms. The fourth-order valence-corrected chi connectivity index (χ4v) is 2.17. The van der Waals surface area contributed by atoms with Crippen LogP contribution >= 0.6 is 0 Å². The summed E-state index contributed by atoms with van der Waals surface area (Å²) in [6, 6.07) is 2.88. The quantitative estimate of drug-likeness (QED) is 0.786. The van der Waals surface area contributed by atoms with E-state index in [9.17, 15) is 27.6 Å². The molecule has 2 atom stereocenters. The smallest absolute Gasteiger partial charge is 0.417 e. The summed E-state index contributed by atoms with van der Waals surface area (Å²) in [5.41, 5.74) is -1.76. The van der Waals surface area contributed by atoms with Crippen LogP contribution in [0, 0.1) is 5.92 Å². The molecule has 1 aromatic rings. The molecule has 25 heavy (non-hydrogen) atoms. The molecule has 0 aliphatic heterocycles. The minimum Gasteiger partial charge on any atom is -0.469 e. The first-order chi connectivity index (χ1) is 11.6.